The summed E-state index contributed by atoms with van der Waals surface area (Å²) in [6.07, 6.45) is 5.43. The molecule has 0 N–H and O–H groups in total. The largest absolute Gasteiger partial charge is 0.497 e. The standard InChI is InChI=1S/C25H32N2O5/c1-26(24(28)22-8-4-14-31-22)21(17-18-6-3-7-20(16-18)30-2)19-10-12-27(13-11-19)25(29)23-9-5-15-32-23/h3-4,6-8,14,16,19,21,23H,5,9-13,15,17H2,1-2H3/t21-,23-/m0/s1. The Morgan fingerprint density at radius 2 is 2.00 bits per heavy atom. The number of methoxy groups -OCH3 is 1. The molecule has 32 heavy (non-hydrogen) atoms. The summed E-state index contributed by atoms with van der Waals surface area (Å²) >= 11 is 0. The van der Waals surface area contributed by atoms with E-state index in [0.717, 1.165) is 37.0 Å². The van der Waals surface area contributed by atoms with Crippen molar-refractivity contribution in [1.29, 1.82) is 0 Å². The minimum atomic E-state index is -0.276. The Kier molecular flexibility index (Phi) is 7.15. The minimum Gasteiger partial charge on any atom is -0.497 e. The van der Waals surface area contributed by atoms with Crippen LogP contribution in [0, 0.1) is 5.92 Å². The molecule has 0 unspecified atom stereocenters. The molecule has 2 amide bonds. The number of carbonyl (C=O) groups is 2. The maximum Gasteiger partial charge on any atom is 0.289 e. The van der Waals surface area contributed by atoms with Gasteiger partial charge in [-0.25, -0.2) is 0 Å². The highest BCUT2D eigenvalue weighted by molar-refractivity contribution is 5.91. The molecule has 2 aliphatic rings. The molecular formula is C25H32N2O5. The molecular weight excluding hydrogens is 408 g/mol. The van der Waals surface area contributed by atoms with Crippen molar-refractivity contribution in [2.45, 2.75) is 44.2 Å². The van der Waals surface area contributed by atoms with Crippen molar-refractivity contribution in [3.8, 4) is 5.75 Å². The maximum absolute atomic E-state index is 13.1. The minimum absolute atomic E-state index is 0.0142. The van der Waals surface area contributed by atoms with Crippen molar-refractivity contribution >= 4 is 11.8 Å². The molecule has 0 saturated carbocycles. The zero-order chi connectivity index (χ0) is 22.5. The van der Waals surface area contributed by atoms with Gasteiger partial charge in [0.1, 0.15) is 11.9 Å². The van der Waals surface area contributed by atoms with Gasteiger partial charge in [-0.1, -0.05) is 12.1 Å². The van der Waals surface area contributed by atoms with Crippen molar-refractivity contribution in [3.63, 3.8) is 0 Å². The topological polar surface area (TPSA) is 72.2 Å². The van der Waals surface area contributed by atoms with Crippen LogP contribution in [0.5, 0.6) is 5.75 Å². The second-order valence-corrected chi connectivity index (χ2v) is 8.68. The summed E-state index contributed by atoms with van der Waals surface area (Å²) in [6.45, 7) is 2.07. The van der Waals surface area contributed by atoms with Gasteiger partial charge in [0.25, 0.3) is 11.8 Å². The van der Waals surface area contributed by atoms with Gasteiger partial charge in [0.2, 0.25) is 0 Å². The van der Waals surface area contributed by atoms with Crippen LogP contribution in [0.3, 0.4) is 0 Å². The lowest BCUT2D eigenvalue weighted by Crippen LogP contribution is -2.50. The summed E-state index contributed by atoms with van der Waals surface area (Å²) in [7, 11) is 3.50. The van der Waals surface area contributed by atoms with Crippen LogP contribution in [0.4, 0.5) is 0 Å². The van der Waals surface area contributed by atoms with E-state index < -0.39 is 0 Å². The van der Waals surface area contributed by atoms with Crippen LogP contribution >= 0.6 is 0 Å². The van der Waals surface area contributed by atoms with Gasteiger partial charge in [0.15, 0.2) is 5.76 Å². The zero-order valence-corrected chi connectivity index (χ0v) is 18.9. The van der Waals surface area contributed by atoms with E-state index in [1.165, 1.54) is 6.26 Å². The van der Waals surface area contributed by atoms with E-state index in [0.29, 0.717) is 31.9 Å². The Labute approximate surface area is 189 Å². The number of carbonyl (C=O) groups excluding carboxylic acids is 2. The Balaban J connectivity index is 1.48. The fourth-order valence-corrected chi connectivity index (χ4v) is 4.87. The second-order valence-electron chi connectivity index (χ2n) is 8.68. The van der Waals surface area contributed by atoms with Gasteiger partial charge in [-0.05, 0) is 67.9 Å². The lowest BCUT2D eigenvalue weighted by atomic mass is 9.84. The molecule has 4 rings (SSSR count). The van der Waals surface area contributed by atoms with E-state index in [-0.39, 0.29) is 29.9 Å². The molecule has 7 heteroatoms. The lowest BCUT2D eigenvalue weighted by Gasteiger charge is -2.40. The van der Waals surface area contributed by atoms with Gasteiger partial charge in [-0.2, -0.15) is 0 Å². The summed E-state index contributed by atoms with van der Waals surface area (Å²) in [5.41, 5.74) is 1.12. The molecule has 1 aromatic heterocycles. The highest BCUT2D eigenvalue weighted by Gasteiger charge is 2.36. The summed E-state index contributed by atoms with van der Waals surface area (Å²) in [4.78, 5) is 29.6. The summed E-state index contributed by atoms with van der Waals surface area (Å²) in [6, 6.07) is 11.4. The molecule has 0 aliphatic carbocycles. The zero-order valence-electron chi connectivity index (χ0n) is 18.9. The van der Waals surface area contributed by atoms with Crippen LogP contribution in [-0.2, 0) is 16.0 Å². The molecule has 0 spiro atoms. The van der Waals surface area contributed by atoms with E-state index in [1.54, 1.807) is 24.1 Å². The normalized spacial score (nSPS) is 20.2. The van der Waals surface area contributed by atoms with Crippen LogP contribution in [0.15, 0.2) is 47.1 Å². The molecule has 172 valence electrons. The predicted octanol–water partition coefficient (Wildman–Crippen LogP) is 3.39. The third kappa shape index (κ3) is 4.99. The summed E-state index contributed by atoms with van der Waals surface area (Å²) in [5, 5.41) is 0. The third-order valence-corrected chi connectivity index (χ3v) is 6.73. The fraction of sp³-hybridized carbons (Fsp3) is 0.520. The number of benzene rings is 1. The highest BCUT2D eigenvalue weighted by atomic mass is 16.5. The fourth-order valence-electron chi connectivity index (χ4n) is 4.87. The molecule has 7 nitrogen and oxygen atoms in total. The molecule has 2 saturated heterocycles. The van der Waals surface area contributed by atoms with Crippen molar-refractivity contribution in [2.24, 2.45) is 5.92 Å². The van der Waals surface area contributed by atoms with E-state index in [1.807, 2.05) is 30.1 Å². The predicted molar refractivity (Wildman–Crippen MR) is 120 cm³/mol. The number of hydrogen-bond donors (Lipinski definition) is 0. The van der Waals surface area contributed by atoms with Crippen LogP contribution in [-0.4, -0.2) is 67.6 Å². The first kappa shape index (κ1) is 22.4. The van der Waals surface area contributed by atoms with Gasteiger partial charge in [0, 0.05) is 32.8 Å². The van der Waals surface area contributed by atoms with Crippen LogP contribution in [0.2, 0.25) is 0 Å². The van der Waals surface area contributed by atoms with Gasteiger partial charge >= 0.3 is 0 Å². The average molecular weight is 441 g/mol. The van der Waals surface area contributed by atoms with Gasteiger partial charge in [-0.3, -0.25) is 9.59 Å². The molecule has 0 radical (unpaired) electrons. The van der Waals surface area contributed by atoms with Crippen LogP contribution in [0.1, 0.15) is 41.8 Å². The van der Waals surface area contributed by atoms with Crippen molar-refractivity contribution in [3.05, 3.63) is 54.0 Å². The van der Waals surface area contributed by atoms with E-state index >= 15 is 0 Å². The van der Waals surface area contributed by atoms with Crippen molar-refractivity contribution in [1.82, 2.24) is 9.80 Å². The molecule has 2 aliphatic heterocycles. The number of nitrogens with zero attached hydrogens (tertiary/aromatic N) is 2. The Bertz CT molecular complexity index is 899. The van der Waals surface area contributed by atoms with E-state index in [2.05, 4.69) is 6.07 Å². The quantitative estimate of drug-likeness (QED) is 0.660. The number of likely N-dealkylation sites (tertiary alicyclic amines) is 1. The van der Waals surface area contributed by atoms with Gasteiger partial charge in [0.05, 0.1) is 13.4 Å². The summed E-state index contributed by atoms with van der Waals surface area (Å²) in [5.74, 6) is 1.41. The second kappa shape index (κ2) is 10.2. The Hall–Kier alpha value is -2.80. The number of rotatable bonds is 7. The smallest absolute Gasteiger partial charge is 0.289 e. The Morgan fingerprint density at radius 1 is 1.19 bits per heavy atom. The average Bonchev–Trinajstić information content (AvgIpc) is 3.56. The lowest BCUT2D eigenvalue weighted by molar-refractivity contribution is -0.142. The Morgan fingerprint density at radius 3 is 2.66 bits per heavy atom. The number of ether oxygens (including phenoxy) is 2. The van der Waals surface area contributed by atoms with Crippen molar-refractivity contribution < 1.29 is 23.5 Å². The van der Waals surface area contributed by atoms with Gasteiger partial charge in [-0.15, -0.1) is 0 Å². The van der Waals surface area contributed by atoms with Gasteiger partial charge < -0.3 is 23.7 Å². The molecule has 2 aromatic rings. The number of piperidine rings is 1. The molecule has 3 heterocycles. The molecule has 2 atom stereocenters. The first-order valence-electron chi connectivity index (χ1n) is 11.4. The number of furan rings is 1. The number of amides is 2. The first-order valence-corrected chi connectivity index (χ1v) is 11.4. The monoisotopic (exact) mass is 440 g/mol. The van der Waals surface area contributed by atoms with Crippen LogP contribution in [0.25, 0.3) is 0 Å². The first-order chi connectivity index (χ1) is 15.6. The third-order valence-electron chi connectivity index (χ3n) is 6.73. The SMILES string of the molecule is COc1cccc(C[C@@H](C2CCN(C(=O)[C@@H]3CCCO3)CC2)N(C)C(=O)c2ccco2)c1. The molecule has 0 bridgehead atoms. The number of likely N-dealkylation sites (N-methyl/N-ethyl adjacent to an activating group) is 1. The van der Waals surface area contributed by atoms with E-state index in [9.17, 15) is 9.59 Å². The van der Waals surface area contributed by atoms with E-state index in [4.69, 9.17) is 13.9 Å². The highest BCUT2D eigenvalue weighted by Crippen LogP contribution is 2.29. The van der Waals surface area contributed by atoms with Crippen molar-refractivity contribution in [2.75, 3.05) is 33.9 Å². The number of hydrogen-bond acceptors (Lipinski definition) is 5. The molecule has 2 fully saturated rings. The maximum atomic E-state index is 13.1. The molecule has 1 aromatic carbocycles. The summed E-state index contributed by atoms with van der Waals surface area (Å²) < 4.78 is 16.3. The van der Waals surface area contributed by atoms with Crippen LogP contribution < -0.4 is 4.74 Å².